The van der Waals surface area contributed by atoms with Crippen molar-refractivity contribution in [3.63, 3.8) is 0 Å². The van der Waals surface area contributed by atoms with Gasteiger partial charge in [0.1, 0.15) is 5.82 Å². The number of carbonyl (C=O) groups excluding carboxylic acids is 1. The van der Waals surface area contributed by atoms with E-state index in [-0.39, 0.29) is 0 Å². The molecule has 4 N–H and O–H groups in total. The minimum Gasteiger partial charge on any atom is -0.368 e. The molecule has 0 atom stereocenters. The van der Waals surface area contributed by atoms with Crippen molar-refractivity contribution in [2.24, 2.45) is 5.73 Å². The van der Waals surface area contributed by atoms with Crippen LogP contribution in [0.4, 0.5) is 10.6 Å². The third-order valence-electron chi connectivity index (χ3n) is 1.99. The Morgan fingerprint density at radius 3 is 3.12 bits per heavy atom. The van der Waals surface area contributed by atoms with Gasteiger partial charge in [0.25, 0.3) is 0 Å². The fraction of sp³-hybridized carbons (Fsp3) is 0.222. The van der Waals surface area contributed by atoms with Crippen LogP contribution in [0.3, 0.4) is 0 Å². The normalized spacial score (nSPS) is 10.2. The van der Waals surface area contributed by atoms with Crippen LogP contribution in [0.1, 0.15) is 0 Å². The third kappa shape index (κ3) is 2.38. The molecule has 0 unspecified atom stereocenters. The van der Waals surface area contributed by atoms with E-state index in [9.17, 15) is 4.79 Å². The molecule has 0 radical (unpaired) electrons. The fourth-order valence-electron chi connectivity index (χ4n) is 1.29. The van der Waals surface area contributed by atoms with Gasteiger partial charge in [-0.25, -0.2) is 14.3 Å². The zero-order chi connectivity index (χ0) is 11.4. The van der Waals surface area contributed by atoms with E-state index in [1.807, 2.05) is 18.3 Å². The average Bonchev–Trinajstić information content (AvgIpc) is 2.71. The molecule has 7 heteroatoms. The highest BCUT2D eigenvalue weighted by Crippen LogP contribution is 2.04. The van der Waals surface area contributed by atoms with Crippen molar-refractivity contribution >= 4 is 17.5 Å². The van der Waals surface area contributed by atoms with Crippen LogP contribution in [0.5, 0.6) is 0 Å². The Hall–Kier alpha value is -2.31. The summed E-state index contributed by atoms with van der Waals surface area (Å²) in [5, 5.41) is 9.57. The quantitative estimate of drug-likeness (QED) is 0.622. The van der Waals surface area contributed by atoms with Gasteiger partial charge in [-0.3, -0.25) is 0 Å². The number of hydrogen-bond acceptors (Lipinski definition) is 4. The minimum atomic E-state index is -0.527. The first-order valence-electron chi connectivity index (χ1n) is 4.83. The smallest absolute Gasteiger partial charge is 0.312 e. The summed E-state index contributed by atoms with van der Waals surface area (Å²) >= 11 is 0. The molecule has 0 aliphatic carbocycles. The first kappa shape index (κ1) is 10.2. The van der Waals surface area contributed by atoms with Gasteiger partial charge in [0.05, 0.1) is 6.20 Å². The molecular formula is C9H12N6O. The summed E-state index contributed by atoms with van der Waals surface area (Å²) < 4.78 is 1.67. The Balaban J connectivity index is 1.91. The molecule has 0 saturated carbocycles. The Kier molecular flexibility index (Phi) is 2.86. The van der Waals surface area contributed by atoms with E-state index < -0.39 is 6.03 Å². The van der Waals surface area contributed by atoms with E-state index in [0.717, 1.165) is 11.5 Å². The molecule has 0 aliphatic rings. The maximum Gasteiger partial charge on any atom is 0.312 e. The number of urea groups is 1. The molecule has 0 fully saturated rings. The lowest BCUT2D eigenvalue weighted by atomic mass is 10.5. The van der Waals surface area contributed by atoms with Gasteiger partial charge in [0, 0.05) is 25.4 Å². The van der Waals surface area contributed by atoms with Crippen LogP contribution in [0.2, 0.25) is 0 Å². The zero-order valence-corrected chi connectivity index (χ0v) is 8.55. The van der Waals surface area contributed by atoms with Crippen molar-refractivity contribution in [3.05, 3.63) is 24.5 Å². The SMILES string of the molecule is NC(=O)NCCNc1ccn2nccc2n1. The Morgan fingerprint density at radius 1 is 1.44 bits per heavy atom. The Labute approximate surface area is 91.7 Å². The molecule has 16 heavy (non-hydrogen) atoms. The third-order valence-corrected chi connectivity index (χ3v) is 1.99. The molecule has 0 saturated heterocycles. The number of hydrogen-bond donors (Lipinski definition) is 3. The second kappa shape index (κ2) is 4.47. The number of carbonyl (C=O) groups is 1. The molecule has 2 amide bonds. The number of anilines is 1. The molecule has 84 valence electrons. The average molecular weight is 220 g/mol. The van der Waals surface area contributed by atoms with Gasteiger partial charge in [-0.2, -0.15) is 5.10 Å². The molecule has 2 heterocycles. The van der Waals surface area contributed by atoms with Crippen molar-refractivity contribution in [2.75, 3.05) is 18.4 Å². The van der Waals surface area contributed by atoms with Crippen molar-refractivity contribution in [3.8, 4) is 0 Å². The molecule has 2 aromatic heterocycles. The molecule has 2 aromatic rings. The summed E-state index contributed by atoms with van der Waals surface area (Å²) in [5.74, 6) is 0.735. The monoisotopic (exact) mass is 220 g/mol. The van der Waals surface area contributed by atoms with E-state index in [0.29, 0.717) is 13.1 Å². The summed E-state index contributed by atoms with van der Waals surface area (Å²) in [7, 11) is 0. The van der Waals surface area contributed by atoms with Crippen molar-refractivity contribution in [1.29, 1.82) is 0 Å². The number of primary amides is 1. The Morgan fingerprint density at radius 2 is 2.31 bits per heavy atom. The molecular weight excluding hydrogens is 208 g/mol. The van der Waals surface area contributed by atoms with Gasteiger partial charge >= 0.3 is 6.03 Å². The maximum absolute atomic E-state index is 10.4. The van der Waals surface area contributed by atoms with E-state index >= 15 is 0 Å². The van der Waals surface area contributed by atoms with Gasteiger partial charge in [-0.1, -0.05) is 0 Å². The van der Waals surface area contributed by atoms with Gasteiger partial charge < -0.3 is 16.4 Å². The second-order valence-electron chi connectivity index (χ2n) is 3.16. The van der Waals surface area contributed by atoms with Crippen LogP contribution in [-0.2, 0) is 0 Å². The molecule has 7 nitrogen and oxygen atoms in total. The van der Waals surface area contributed by atoms with Gasteiger partial charge in [0.15, 0.2) is 5.65 Å². The largest absolute Gasteiger partial charge is 0.368 e. The molecule has 0 aliphatic heterocycles. The summed E-state index contributed by atoms with van der Waals surface area (Å²) in [5.41, 5.74) is 5.70. The summed E-state index contributed by atoms with van der Waals surface area (Å²) in [4.78, 5) is 14.7. The lowest BCUT2D eigenvalue weighted by Gasteiger charge is -2.05. The molecule has 2 rings (SSSR count). The number of rotatable bonds is 4. The highest BCUT2D eigenvalue weighted by Gasteiger charge is 1.97. The number of aromatic nitrogens is 3. The van der Waals surface area contributed by atoms with Crippen LogP contribution < -0.4 is 16.4 Å². The lowest BCUT2D eigenvalue weighted by Crippen LogP contribution is -2.33. The van der Waals surface area contributed by atoms with Crippen molar-refractivity contribution in [1.82, 2.24) is 19.9 Å². The predicted octanol–water partition coefficient (Wildman–Crippen LogP) is -0.191. The number of fused-ring (bicyclic) bond motifs is 1. The highest BCUT2D eigenvalue weighted by atomic mass is 16.2. The maximum atomic E-state index is 10.4. The van der Waals surface area contributed by atoms with Crippen LogP contribution in [0, 0.1) is 0 Å². The first-order valence-corrected chi connectivity index (χ1v) is 4.83. The zero-order valence-electron chi connectivity index (χ0n) is 8.55. The molecule has 0 spiro atoms. The first-order chi connectivity index (χ1) is 7.75. The number of nitrogens with zero attached hydrogens (tertiary/aromatic N) is 3. The molecule has 0 aromatic carbocycles. The second-order valence-corrected chi connectivity index (χ2v) is 3.16. The topological polar surface area (TPSA) is 97.3 Å². The van der Waals surface area contributed by atoms with E-state index in [1.54, 1.807) is 10.7 Å². The van der Waals surface area contributed by atoms with E-state index in [1.165, 1.54) is 0 Å². The van der Waals surface area contributed by atoms with Crippen molar-refractivity contribution < 1.29 is 4.79 Å². The summed E-state index contributed by atoms with van der Waals surface area (Å²) in [6, 6.07) is 3.10. The minimum absolute atomic E-state index is 0.460. The van der Waals surface area contributed by atoms with Crippen LogP contribution >= 0.6 is 0 Å². The van der Waals surface area contributed by atoms with Crippen LogP contribution in [0.15, 0.2) is 24.5 Å². The van der Waals surface area contributed by atoms with Gasteiger partial charge in [0.2, 0.25) is 0 Å². The van der Waals surface area contributed by atoms with Gasteiger partial charge in [-0.15, -0.1) is 0 Å². The number of nitrogens with two attached hydrogens (primary N) is 1. The fourth-order valence-corrected chi connectivity index (χ4v) is 1.29. The van der Waals surface area contributed by atoms with Crippen LogP contribution in [0.25, 0.3) is 5.65 Å². The summed E-state index contributed by atoms with van der Waals surface area (Å²) in [6.07, 6.45) is 3.49. The Bertz CT molecular complexity index is 493. The summed E-state index contributed by atoms with van der Waals surface area (Å²) in [6.45, 7) is 1.03. The number of amides is 2. The van der Waals surface area contributed by atoms with Gasteiger partial charge in [-0.05, 0) is 6.07 Å². The van der Waals surface area contributed by atoms with Crippen LogP contribution in [-0.4, -0.2) is 33.7 Å². The van der Waals surface area contributed by atoms with E-state index in [4.69, 9.17) is 5.73 Å². The number of nitrogens with one attached hydrogen (secondary N) is 2. The van der Waals surface area contributed by atoms with E-state index in [2.05, 4.69) is 20.7 Å². The van der Waals surface area contributed by atoms with Crippen molar-refractivity contribution in [2.45, 2.75) is 0 Å². The standard InChI is InChI=1S/C9H12N6O/c10-9(16)12-5-4-11-7-2-6-15-8(14-7)1-3-13-15/h1-3,6H,4-5H2,(H,11,14)(H3,10,12,16). The highest BCUT2D eigenvalue weighted by molar-refractivity contribution is 5.71. The predicted molar refractivity (Wildman–Crippen MR) is 59.1 cm³/mol. The molecule has 0 bridgehead atoms. The lowest BCUT2D eigenvalue weighted by molar-refractivity contribution is 0.249.